The third-order valence-corrected chi connectivity index (χ3v) is 4.08. The van der Waals surface area contributed by atoms with Gasteiger partial charge in [-0.25, -0.2) is 4.39 Å². The van der Waals surface area contributed by atoms with Gasteiger partial charge in [-0.1, -0.05) is 12.5 Å². The van der Waals surface area contributed by atoms with Crippen molar-refractivity contribution >= 4 is 11.9 Å². The van der Waals surface area contributed by atoms with Crippen molar-refractivity contribution in [1.82, 2.24) is 5.32 Å². The van der Waals surface area contributed by atoms with Gasteiger partial charge in [-0.2, -0.15) is 0 Å². The van der Waals surface area contributed by atoms with Crippen molar-refractivity contribution in [1.29, 1.82) is 0 Å². The first kappa shape index (κ1) is 17.2. The van der Waals surface area contributed by atoms with Crippen LogP contribution in [-0.4, -0.2) is 29.6 Å². The molecule has 3 atom stereocenters. The minimum absolute atomic E-state index is 0.133. The van der Waals surface area contributed by atoms with Crippen LogP contribution in [0.4, 0.5) is 4.39 Å². The van der Waals surface area contributed by atoms with Gasteiger partial charge in [0.05, 0.1) is 12.0 Å². The Bertz CT molecular complexity index is 563. The summed E-state index contributed by atoms with van der Waals surface area (Å²) in [4.78, 5) is 23.3. The topological polar surface area (TPSA) is 75.6 Å². The van der Waals surface area contributed by atoms with Gasteiger partial charge in [-0.15, -0.1) is 0 Å². The van der Waals surface area contributed by atoms with E-state index in [1.54, 1.807) is 19.1 Å². The van der Waals surface area contributed by atoms with E-state index in [-0.39, 0.29) is 30.3 Å². The summed E-state index contributed by atoms with van der Waals surface area (Å²) in [5.41, 5.74) is 0. The van der Waals surface area contributed by atoms with Crippen LogP contribution >= 0.6 is 0 Å². The maximum atomic E-state index is 13.0. The van der Waals surface area contributed by atoms with E-state index in [1.807, 2.05) is 0 Å². The van der Waals surface area contributed by atoms with E-state index in [0.717, 1.165) is 6.42 Å². The molecule has 1 aromatic carbocycles. The highest BCUT2D eigenvalue weighted by Gasteiger charge is 2.31. The van der Waals surface area contributed by atoms with Crippen LogP contribution in [0.2, 0.25) is 0 Å². The average Bonchev–Trinajstić information content (AvgIpc) is 2.53. The second-order valence-corrected chi connectivity index (χ2v) is 6.08. The fraction of sp³-hybridized carbons (Fsp3) is 0.529. The van der Waals surface area contributed by atoms with Crippen molar-refractivity contribution in [3.05, 3.63) is 30.1 Å². The molecule has 2 N–H and O–H groups in total. The fourth-order valence-corrected chi connectivity index (χ4v) is 2.83. The molecule has 0 spiro atoms. The summed E-state index contributed by atoms with van der Waals surface area (Å²) in [6.07, 6.45) is 2.49. The Hall–Kier alpha value is -2.11. The monoisotopic (exact) mass is 323 g/mol. The molecule has 0 aromatic heterocycles. The van der Waals surface area contributed by atoms with Gasteiger partial charge in [-0.3, -0.25) is 9.59 Å². The Morgan fingerprint density at radius 1 is 1.39 bits per heavy atom. The van der Waals surface area contributed by atoms with Gasteiger partial charge in [0.25, 0.3) is 0 Å². The molecule has 6 heteroatoms. The zero-order valence-electron chi connectivity index (χ0n) is 13.1. The van der Waals surface area contributed by atoms with Crippen molar-refractivity contribution < 1.29 is 23.8 Å². The van der Waals surface area contributed by atoms with Crippen LogP contribution < -0.4 is 10.1 Å². The SMILES string of the molecule is CC(COc1cccc(F)c1)NC(=O)C1CCCC(C(=O)O)C1. The van der Waals surface area contributed by atoms with E-state index < -0.39 is 11.9 Å². The van der Waals surface area contributed by atoms with Gasteiger partial charge >= 0.3 is 5.97 Å². The second kappa shape index (κ2) is 7.94. The second-order valence-electron chi connectivity index (χ2n) is 6.08. The highest BCUT2D eigenvalue weighted by atomic mass is 19.1. The number of nitrogens with one attached hydrogen (secondary N) is 1. The molecule has 23 heavy (non-hydrogen) atoms. The van der Waals surface area contributed by atoms with E-state index in [2.05, 4.69) is 5.32 Å². The number of rotatable bonds is 6. The molecule has 1 aliphatic carbocycles. The van der Waals surface area contributed by atoms with Crippen LogP contribution in [0, 0.1) is 17.7 Å². The molecule has 1 fully saturated rings. The first-order valence-corrected chi connectivity index (χ1v) is 7.87. The van der Waals surface area contributed by atoms with Gasteiger partial charge in [-0.05, 0) is 38.3 Å². The van der Waals surface area contributed by atoms with Crippen molar-refractivity contribution in [2.45, 2.75) is 38.6 Å². The molecule has 2 rings (SSSR count). The highest BCUT2D eigenvalue weighted by molar-refractivity contribution is 5.80. The zero-order valence-corrected chi connectivity index (χ0v) is 13.1. The molecule has 126 valence electrons. The third kappa shape index (κ3) is 5.23. The quantitative estimate of drug-likeness (QED) is 0.844. The molecule has 1 saturated carbocycles. The lowest BCUT2D eigenvalue weighted by Crippen LogP contribution is -2.42. The van der Waals surface area contributed by atoms with Gasteiger partial charge in [0.2, 0.25) is 5.91 Å². The standard InChI is InChI=1S/C17H22FNO4/c1-11(10-23-15-7-3-6-14(18)9-15)19-16(20)12-4-2-5-13(8-12)17(21)22/h3,6-7,9,11-13H,2,4-5,8,10H2,1H3,(H,19,20)(H,21,22). The fourth-order valence-electron chi connectivity index (χ4n) is 2.83. The molecule has 1 aliphatic rings. The summed E-state index contributed by atoms with van der Waals surface area (Å²) in [5.74, 6) is -1.62. The molecule has 0 radical (unpaired) electrons. The predicted molar refractivity (Wildman–Crippen MR) is 82.6 cm³/mol. The minimum atomic E-state index is -0.829. The number of aliphatic carboxylic acids is 1. The average molecular weight is 323 g/mol. The van der Waals surface area contributed by atoms with E-state index in [9.17, 15) is 14.0 Å². The summed E-state index contributed by atoms with van der Waals surface area (Å²) in [6.45, 7) is 2.03. The number of carboxylic acid groups (broad SMARTS) is 1. The number of hydrogen-bond donors (Lipinski definition) is 2. The molecular weight excluding hydrogens is 301 g/mol. The Kier molecular flexibility index (Phi) is 5.96. The van der Waals surface area contributed by atoms with Crippen LogP contribution in [-0.2, 0) is 9.59 Å². The summed E-state index contributed by atoms with van der Waals surface area (Å²) in [6, 6.07) is 5.58. The minimum Gasteiger partial charge on any atom is -0.491 e. The largest absolute Gasteiger partial charge is 0.491 e. The molecule has 3 unspecified atom stereocenters. The van der Waals surface area contributed by atoms with Gasteiger partial charge in [0.15, 0.2) is 0 Å². The zero-order chi connectivity index (χ0) is 16.8. The molecule has 1 aromatic rings. The maximum absolute atomic E-state index is 13.0. The summed E-state index contributed by atoms with van der Waals surface area (Å²) < 4.78 is 18.5. The van der Waals surface area contributed by atoms with E-state index in [4.69, 9.17) is 9.84 Å². The summed E-state index contributed by atoms with van der Waals surface area (Å²) >= 11 is 0. The Morgan fingerprint density at radius 3 is 2.83 bits per heavy atom. The van der Waals surface area contributed by atoms with Crippen molar-refractivity contribution in [3.8, 4) is 5.75 Å². The number of carbonyl (C=O) groups is 2. The number of carboxylic acids is 1. The normalized spacial score (nSPS) is 22.2. The van der Waals surface area contributed by atoms with Gasteiger partial charge in [0, 0.05) is 12.0 Å². The van der Waals surface area contributed by atoms with E-state index in [1.165, 1.54) is 12.1 Å². The third-order valence-electron chi connectivity index (χ3n) is 4.08. The predicted octanol–water partition coefficient (Wildman–Crippen LogP) is 2.60. The van der Waals surface area contributed by atoms with Crippen molar-refractivity contribution in [2.75, 3.05) is 6.61 Å². The molecular formula is C17H22FNO4. The first-order valence-electron chi connectivity index (χ1n) is 7.87. The number of amides is 1. The Balaban J connectivity index is 1.79. The molecule has 1 amide bonds. The molecule has 0 aliphatic heterocycles. The Morgan fingerprint density at radius 2 is 2.13 bits per heavy atom. The lowest BCUT2D eigenvalue weighted by molar-refractivity contribution is -0.144. The van der Waals surface area contributed by atoms with Crippen LogP contribution in [0.25, 0.3) is 0 Å². The van der Waals surface area contributed by atoms with Gasteiger partial charge in [0.1, 0.15) is 18.2 Å². The maximum Gasteiger partial charge on any atom is 0.306 e. The highest BCUT2D eigenvalue weighted by Crippen LogP contribution is 2.29. The lowest BCUT2D eigenvalue weighted by atomic mass is 9.81. The molecule has 5 nitrogen and oxygen atoms in total. The molecule has 0 bridgehead atoms. The van der Waals surface area contributed by atoms with E-state index in [0.29, 0.717) is 25.0 Å². The number of hydrogen-bond acceptors (Lipinski definition) is 3. The van der Waals surface area contributed by atoms with Crippen molar-refractivity contribution in [2.24, 2.45) is 11.8 Å². The number of ether oxygens (including phenoxy) is 1. The first-order chi connectivity index (χ1) is 11.0. The molecule has 0 saturated heterocycles. The van der Waals surface area contributed by atoms with E-state index >= 15 is 0 Å². The smallest absolute Gasteiger partial charge is 0.306 e. The molecule has 0 heterocycles. The Labute approximate surface area is 134 Å². The number of halogens is 1. The van der Waals surface area contributed by atoms with Crippen LogP contribution in [0.5, 0.6) is 5.75 Å². The van der Waals surface area contributed by atoms with Gasteiger partial charge < -0.3 is 15.2 Å². The van der Waals surface area contributed by atoms with Crippen molar-refractivity contribution in [3.63, 3.8) is 0 Å². The van der Waals surface area contributed by atoms with Crippen LogP contribution in [0.1, 0.15) is 32.6 Å². The summed E-state index contributed by atoms with van der Waals surface area (Å²) in [5, 5.41) is 11.9. The van der Waals surface area contributed by atoms with Crippen LogP contribution in [0.3, 0.4) is 0 Å². The van der Waals surface area contributed by atoms with Crippen LogP contribution in [0.15, 0.2) is 24.3 Å². The lowest BCUT2D eigenvalue weighted by Gasteiger charge is -2.27. The summed E-state index contributed by atoms with van der Waals surface area (Å²) in [7, 11) is 0. The number of benzene rings is 1. The number of carbonyl (C=O) groups excluding carboxylic acids is 1.